The molecule has 0 fully saturated rings. The number of anilines is 1. The average molecular weight is 270 g/mol. The first-order valence-corrected chi connectivity index (χ1v) is 6.80. The summed E-state index contributed by atoms with van der Waals surface area (Å²) in [5.41, 5.74) is 8.27. The monoisotopic (exact) mass is 270 g/mol. The van der Waals surface area contributed by atoms with Crippen molar-refractivity contribution in [3.05, 3.63) is 47.5 Å². The third kappa shape index (κ3) is 2.27. The molecule has 1 amide bonds. The van der Waals surface area contributed by atoms with E-state index in [0.29, 0.717) is 12.2 Å². The molecule has 0 unspecified atom stereocenters. The number of nitrogens with two attached hydrogens (primary N) is 1. The zero-order valence-corrected chi connectivity index (χ0v) is 11.5. The van der Waals surface area contributed by atoms with Crippen LogP contribution in [0.4, 0.5) is 5.69 Å². The van der Waals surface area contributed by atoms with E-state index in [1.807, 2.05) is 30.2 Å². The van der Waals surface area contributed by atoms with E-state index in [1.54, 1.807) is 12.3 Å². The molecular formula is C15H18N4O. The van der Waals surface area contributed by atoms with Gasteiger partial charge in [0.25, 0.3) is 5.91 Å². The Morgan fingerprint density at radius 2 is 2.20 bits per heavy atom. The number of hydrogen-bond acceptors (Lipinski definition) is 3. The molecule has 5 nitrogen and oxygen atoms in total. The second-order valence-corrected chi connectivity index (χ2v) is 5.13. The Labute approximate surface area is 118 Å². The number of nitrogen functional groups attached to an aromatic ring is 1. The van der Waals surface area contributed by atoms with Crippen LogP contribution in [0, 0.1) is 6.92 Å². The predicted octanol–water partition coefficient (Wildman–Crippen LogP) is 1.47. The van der Waals surface area contributed by atoms with Crippen molar-refractivity contribution in [3.8, 4) is 0 Å². The summed E-state index contributed by atoms with van der Waals surface area (Å²) in [5, 5.41) is 0. The van der Waals surface area contributed by atoms with Gasteiger partial charge in [0.15, 0.2) is 0 Å². The minimum absolute atomic E-state index is 0.0799. The first-order valence-electron chi connectivity index (χ1n) is 6.80. The summed E-state index contributed by atoms with van der Waals surface area (Å²) in [7, 11) is 0. The molecule has 2 N–H and O–H groups in total. The molecule has 0 saturated heterocycles. The van der Waals surface area contributed by atoms with Gasteiger partial charge in [-0.2, -0.15) is 0 Å². The minimum atomic E-state index is 0.0799. The van der Waals surface area contributed by atoms with Crippen LogP contribution in [0.5, 0.6) is 0 Å². The van der Waals surface area contributed by atoms with E-state index in [0.717, 1.165) is 36.5 Å². The molecule has 1 aliphatic heterocycles. The van der Waals surface area contributed by atoms with Gasteiger partial charge in [0.2, 0.25) is 0 Å². The SMILES string of the molecule is Cc1nccn1CCN1CCc2ccc(N)cc2C1=O. The van der Waals surface area contributed by atoms with Crippen LogP contribution in [0.2, 0.25) is 0 Å². The topological polar surface area (TPSA) is 64.2 Å². The fourth-order valence-electron chi connectivity index (χ4n) is 2.62. The predicted molar refractivity (Wildman–Crippen MR) is 77.4 cm³/mol. The third-order valence-corrected chi connectivity index (χ3v) is 3.84. The second kappa shape index (κ2) is 5.00. The van der Waals surface area contributed by atoms with Gasteiger partial charge < -0.3 is 15.2 Å². The molecule has 0 atom stereocenters. The Hall–Kier alpha value is -2.30. The molecule has 0 spiro atoms. The molecule has 20 heavy (non-hydrogen) atoms. The lowest BCUT2D eigenvalue weighted by Gasteiger charge is -2.29. The zero-order valence-electron chi connectivity index (χ0n) is 11.5. The fourth-order valence-corrected chi connectivity index (χ4v) is 2.62. The van der Waals surface area contributed by atoms with E-state index < -0.39 is 0 Å². The van der Waals surface area contributed by atoms with Gasteiger partial charge in [0.1, 0.15) is 5.82 Å². The fraction of sp³-hybridized carbons (Fsp3) is 0.333. The molecule has 3 rings (SSSR count). The Morgan fingerprint density at radius 3 is 2.95 bits per heavy atom. The lowest BCUT2D eigenvalue weighted by Crippen LogP contribution is -2.39. The number of fused-ring (bicyclic) bond motifs is 1. The Morgan fingerprint density at radius 1 is 1.35 bits per heavy atom. The Kier molecular flexibility index (Phi) is 3.18. The van der Waals surface area contributed by atoms with Gasteiger partial charge in [-0.3, -0.25) is 4.79 Å². The number of aryl methyl sites for hydroxylation is 1. The largest absolute Gasteiger partial charge is 0.399 e. The highest BCUT2D eigenvalue weighted by atomic mass is 16.2. The molecule has 104 valence electrons. The molecule has 0 bridgehead atoms. The van der Waals surface area contributed by atoms with E-state index in [-0.39, 0.29) is 5.91 Å². The summed E-state index contributed by atoms with van der Waals surface area (Å²) in [4.78, 5) is 18.5. The standard InChI is InChI=1S/C15H18N4O/c1-11-17-5-7-18(11)8-9-19-6-4-12-2-3-13(16)10-14(12)15(19)20/h2-3,5,7,10H,4,6,8-9,16H2,1H3. The van der Waals surface area contributed by atoms with Crippen LogP contribution in [0.15, 0.2) is 30.6 Å². The number of aromatic nitrogens is 2. The zero-order chi connectivity index (χ0) is 14.1. The molecule has 2 aromatic rings. The summed E-state index contributed by atoms with van der Waals surface area (Å²) in [6.45, 7) is 4.21. The van der Waals surface area contributed by atoms with Crippen molar-refractivity contribution in [3.63, 3.8) is 0 Å². The maximum absolute atomic E-state index is 12.5. The van der Waals surface area contributed by atoms with E-state index in [2.05, 4.69) is 9.55 Å². The number of rotatable bonds is 3. The summed E-state index contributed by atoms with van der Waals surface area (Å²) in [5.74, 6) is 1.05. The molecule has 0 aliphatic carbocycles. The summed E-state index contributed by atoms with van der Waals surface area (Å²) >= 11 is 0. The van der Waals surface area contributed by atoms with Crippen LogP contribution < -0.4 is 5.73 Å². The molecule has 5 heteroatoms. The number of carbonyl (C=O) groups is 1. The molecule has 1 aromatic carbocycles. The first kappa shape index (κ1) is 12.7. The normalized spacial score (nSPS) is 14.4. The van der Waals surface area contributed by atoms with Gasteiger partial charge in [-0.05, 0) is 31.0 Å². The van der Waals surface area contributed by atoms with Gasteiger partial charge in [-0.15, -0.1) is 0 Å². The Bertz CT molecular complexity index is 647. The lowest BCUT2D eigenvalue weighted by atomic mass is 9.98. The van der Waals surface area contributed by atoms with Crippen LogP contribution >= 0.6 is 0 Å². The van der Waals surface area contributed by atoms with Gasteiger partial charge in [0.05, 0.1) is 0 Å². The highest BCUT2D eigenvalue weighted by Crippen LogP contribution is 2.21. The van der Waals surface area contributed by atoms with Crippen LogP contribution in [0.25, 0.3) is 0 Å². The van der Waals surface area contributed by atoms with E-state index in [1.165, 1.54) is 0 Å². The first-order chi connectivity index (χ1) is 9.65. The van der Waals surface area contributed by atoms with Crippen LogP contribution in [0.1, 0.15) is 21.7 Å². The lowest BCUT2D eigenvalue weighted by molar-refractivity contribution is 0.0733. The second-order valence-electron chi connectivity index (χ2n) is 5.13. The average Bonchev–Trinajstić information content (AvgIpc) is 2.84. The summed E-state index contributed by atoms with van der Waals surface area (Å²) in [6, 6.07) is 5.60. The van der Waals surface area contributed by atoms with Gasteiger partial charge in [-0.1, -0.05) is 6.07 Å². The molecular weight excluding hydrogens is 252 g/mol. The van der Waals surface area contributed by atoms with E-state index >= 15 is 0 Å². The smallest absolute Gasteiger partial charge is 0.254 e. The molecule has 1 aromatic heterocycles. The summed E-state index contributed by atoms with van der Waals surface area (Å²) in [6.07, 6.45) is 4.61. The minimum Gasteiger partial charge on any atom is -0.399 e. The number of imidazole rings is 1. The highest BCUT2D eigenvalue weighted by Gasteiger charge is 2.24. The van der Waals surface area contributed by atoms with Crippen molar-refractivity contribution in [2.45, 2.75) is 19.9 Å². The van der Waals surface area contributed by atoms with Crippen molar-refractivity contribution >= 4 is 11.6 Å². The Balaban J connectivity index is 1.74. The molecule has 2 heterocycles. The number of carbonyl (C=O) groups excluding carboxylic acids is 1. The van der Waals surface area contributed by atoms with Gasteiger partial charge >= 0.3 is 0 Å². The quantitative estimate of drug-likeness (QED) is 0.859. The van der Waals surface area contributed by atoms with Crippen molar-refractivity contribution in [2.75, 3.05) is 18.8 Å². The number of amides is 1. The van der Waals surface area contributed by atoms with E-state index in [9.17, 15) is 4.79 Å². The van der Waals surface area contributed by atoms with Crippen LogP contribution in [-0.4, -0.2) is 33.4 Å². The summed E-state index contributed by atoms with van der Waals surface area (Å²) < 4.78 is 2.06. The van der Waals surface area contributed by atoms with Crippen molar-refractivity contribution in [1.82, 2.24) is 14.5 Å². The molecule has 0 radical (unpaired) electrons. The van der Waals surface area contributed by atoms with E-state index in [4.69, 9.17) is 5.73 Å². The third-order valence-electron chi connectivity index (χ3n) is 3.84. The van der Waals surface area contributed by atoms with Crippen LogP contribution in [-0.2, 0) is 13.0 Å². The van der Waals surface area contributed by atoms with Crippen molar-refractivity contribution in [2.24, 2.45) is 0 Å². The molecule has 0 saturated carbocycles. The van der Waals surface area contributed by atoms with Crippen molar-refractivity contribution < 1.29 is 4.79 Å². The number of nitrogens with zero attached hydrogens (tertiary/aromatic N) is 3. The highest BCUT2D eigenvalue weighted by molar-refractivity contribution is 5.97. The molecule has 1 aliphatic rings. The van der Waals surface area contributed by atoms with Crippen molar-refractivity contribution in [1.29, 1.82) is 0 Å². The van der Waals surface area contributed by atoms with Gasteiger partial charge in [0, 0.05) is 43.3 Å². The number of benzene rings is 1. The number of hydrogen-bond donors (Lipinski definition) is 1. The maximum Gasteiger partial charge on any atom is 0.254 e. The van der Waals surface area contributed by atoms with Gasteiger partial charge in [-0.25, -0.2) is 4.98 Å². The maximum atomic E-state index is 12.5. The van der Waals surface area contributed by atoms with Crippen LogP contribution in [0.3, 0.4) is 0 Å².